The first-order valence-electron chi connectivity index (χ1n) is 6.26. The van der Waals surface area contributed by atoms with Gasteiger partial charge in [0.2, 0.25) is 0 Å². The van der Waals surface area contributed by atoms with Gasteiger partial charge in [-0.15, -0.1) is 0 Å². The van der Waals surface area contributed by atoms with Crippen LogP contribution >= 0.6 is 11.6 Å². The Bertz CT molecular complexity index is 646. The van der Waals surface area contributed by atoms with Gasteiger partial charge in [-0.3, -0.25) is 4.21 Å². The molecule has 1 heterocycles. The summed E-state index contributed by atoms with van der Waals surface area (Å²) in [5, 5.41) is 4.87. The molecule has 0 aliphatic carbocycles. The zero-order valence-corrected chi connectivity index (χ0v) is 13.2. The Kier molecular flexibility index (Phi) is 4.78. The predicted molar refractivity (Wildman–Crippen MR) is 84.7 cm³/mol. The van der Waals surface area contributed by atoms with Crippen molar-refractivity contribution in [2.24, 2.45) is 0 Å². The fraction of sp³-hybridized carbons (Fsp3) is 0.267. The summed E-state index contributed by atoms with van der Waals surface area (Å²) in [7, 11) is -1.01. The highest BCUT2D eigenvalue weighted by Crippen LogP contribution is 2.14. The van der Waals surface area contributed by atoms with Gasteiger partial charge in [0.05, 0.1) is 17.1 Å². The third-order valence-electron chi connectivity index (χ3n) is 2.84. The lowest BCUT2D eigenvalue weighted by atomic mass is 10.2. The van der Waals surface area contributed by atoms with E-state index in [9.17, 15) is 4.21 Å². The molecule has 0 radical (unpaired) electrons. The van der Waals surface area contributed by atoms with Gasteiger partial charge in [0.1, 0.15) is 0 Å². The first-order chi connectivity index (χ1) is 9.45. The maximum absolute atomic E-state index is 11.8. The van der Waals surface area contributed by atoms with Crippen LogP contribution in [0.15, 0.2) is 41.9 Å². The molecule has 0 saturated carbocycles. The summed E-state index contributed by atoms with van der Waals surface area (Å²) in [5.74, 6) is 0.823. The van der Waals surface area contributed by atoms with E-state index in [2.05, 4.69) is 11.7 Å². The standard InChI is InChI=1S/C15H17ClN2OS/c1-11(16)9-20(19)10-14-4-6-15(7-5-14)18-13(3)8-12(2)17-18/h4-8H,1,9-10H2,2-3H3. The van der Waals surface area contributed by atoms with Gasteiger partial charge in [-0.25, -0.2) is 4.68 Å². The summed E-state index contributed by atoms with van der Waals surface area (Å²) in [6, 6.07) is 9.96. The van der Waals surface area contributed by atoms with Gasteiger partial charge in [-0.1, -0.05) is 30.3 Å². The predicted octanol–water partition coefficient (Wildman–Crippen LogP) is 3.49. The minimum absolute atomic E-state index is 0.334. The molecule has 2 aromatic rings. The molecule has 1 aromatic carbocycles. The Morgan fingerprint density at radius 2 is 2.00 bits per heavy atom. The topological polar surface area (TPSA) is 34.9 Å². The molecule has 0 aliphatic heterocycles. The lowest BCUT2D eigenvalue weighted by Gasteiger charge is -2.06. The largest absolute Gasteiger partial charge is 0.259 e. The average Bonchev–Trinajstić information content (AvgIpc) is 2.68. The van der Waals surface area contributed by atoms with Gasteiger partial charge < -0.3 is 0 Å². The van der Waals surface area contributed by atoms with Crippen molar-refractivity contribution in [3.05, 3.63) is 58.9 Å². The highest BCUT2D eigenvalue weighted by molar-refractivity contribution is 7.84. The molecule has 0 bridgehead atoms. The molecule has 3 nitrogen and oxygen atoms in total. The molecule has 0 amide bonds. The van der Waals surface area contributed by atoms with E-state index < -0.39 is 10.8 Å². The number of hydrogen-bond acceptors (Lipinski definition) is 2. The molecule has 20 heavy (non-hydrogen) atoms. The van der Waals surface area contributed by atoms with Crippen molar-refractivity contribution in [3.63, 3.8) is 0 Å². The molecule has 1 unspecified atom stereocenters. The second kappa shape index (κ2) is 6.37. The maximum Gasteiger partial charge on any atom is 0.0648 e. The van der Waals surface area contributed by atoms with Crippen molar-refractivity contribution in [1.29, 1.82) is 0 Å². The quantitative estimate of drug-likeness (QED) is 0.847. The van der Waals surface area contributed by atoms with E-state index in [0.717, 1.165) is 22.6 Å². The van der Waals surface area contributed by atoms with Crippen LogP contribution in [0, 0.1) is 13.8 Å². The van der Waals surface area contributed by atoms with Gasteiger partial charge in [-0.05, 0) is 37.6 Å². The number of rotatable bonds is 5. The summed E-state index contributed by atoms with van der Waals surface area (Å²) in [6.45, 7) is 7.56. The minimum Gasteiger partial charge on any atom is -0.259 e. The number of halogens is 1. The van der Waals surface area contributed by atoms with Crippen LogP contribution in [0.3, 0.4) is 0 Å². The van der Waals surface area contributed by atoms with E-state index in [1.807, 2.05) is 48.9 Å². The Hall–Kier alpha value is -1.39. The van der Waals surface area contributed by atoms with Gasteiger partial charge in [-0.2, -0.15) is 5.10 Å². The van der Waals surface area contributed by atoms with Crippen molar-refractivity contribution in [2.45, 2.75) is 19.6 Å². The Morgan fingerprint density at radius 3 is 2.50 bits per heavy atom. The third-order valence-corrected chi connectivity index (χ3v) is 4.45. The molecule has 0 saturated heterocycles. The van der Waals surface area contributed by atoms with Crippen LogP contribution in [0.5, 0.6) is 0 Å². The van der Waals surface area contributed by atoms with Crippen LogP contribution < -0.4 is 0 Å². The molecule has 0 aliphatic rings. The highest BCUT2D eigenvalue weighted by Gasteiger charge is 2.06. The van der Waals surface area contributed by atoms with Gasteiger partial charge >= 0.3 is 0 Å². The van der Waals surface area contributed by atoms with Crippen molar-refractivity contribution in [2.75, 3.05) is 5.75 Å². The lowest BCUT2D eigenvalue weighted by molar-refractivity contribution is 0.684. The average molecular weight is 309 g/mol. The van der Waals surface area contributed by atoms with E-state index in [4.69, 9.17) is 11.6 Å². The fourth-order valence-electron chi connectivity index (χ4n) is 2.04. The second-order valence-corrected chi connectivity index (χ2v) is 6.74. The summed E-state index contributed by atoms with van der Waals surface area (Å²) >= 11 is 5.66. The molecule has 0 N–H and O–H groups in total. The molecule has 0 spiro atoms. The summed E-state index contributed by atoms with van der Waals surface area (Å²) < 4.78 is 13.7. The summed E-state index contributed by atoms with van der Waals surface area (Å²) in [5.41, 5.74) is 4.11. The van der Waals surface area contributed by atoms with Crippen LogP contribution in [-0.2, 0) is 16.6 Å². The molecule has 5 heteroatoms. The van der Waals surface area contributed by atoms with E-state index in [1.54, 1.807) is 0 Å². The molecule has 1 aromatic heterocycles. The fourth-order valence-corrected chi connectivity index (χ4v) is 3.42. The van der Waals surface area contributed by atoms with E-state index >= 15 is 0 Å². The number of aromatic nitrogens is 2. The molecule has 1 atom stereocenters. The van der Waals surface area contributed by atoms with Crippen LogP contribution in [-0.4, -0.2) is 19.7 Å². The third kappa shape index (κ3) is 3.81. The van der Waals surface area contributed by atoms with Gasteiger partial charge in [0.15, 0.2) is 0 Å². The van der Waals surface area contributed by atoms with Crippen LogP contribution in [0.25, 0.3) is 5.69 Å². The number of aryl methyl sites for hydroxylation is 2. The Balaban J connectivity index is 2.12. The number of hydrogen-bond donors (Lipinski definition) is 0. The van der Waals surface area contributed by atoms with Crippen molar-refractivity contribution in [1.82, 2.24) is 9.78 Å². The monoisotopic (exact) mass is 308 g/mol. The van der Waals surface area contributed by atoms with E-state index in [1.165, 1.54) is 0 Å². The molecular weight excluding hydrogens is 292 g/mol. The number of nitrogens with zero attached hydrogens (tertiary/aromatic N) is 2. The Morgan fingerprint density at radius 1 is 1.35 bits per heavy atom. The highest BCUT2D eigenvalue weighted by atomic mass is 35.5. The minimum atomic E-state index is -1.01. The summed E-state index contributed by atoms with van der Waals surface area (Å²) in [4.78, 5) is 0. The SMILES string of the molecule is C=C(Cl)CS(=O)Cc1ccc(-n2nc(C)cc2C)cc1. The normalized spacial score (nSPS) is 12.3. The van der Waals surface area contributed by atoms with Crippen molar-refractivity contribution in [3.8, 4) is 5.69 Å². The smallest absolute Gasteiger partial charge is 0.0648 e. The zero-order chi connectivity index (χ0) is 14.7. The van der Waals surface area contributed by atoms with Gasteiger partial charge in [0, 0.05) is 27.3 Å². The van der Waals surface area contributed by atoms with Crippen LogP contribution in [0.4, 0.5) is 0 Å². The first kappa shape index (κ1) is 15.0. The van der Waals surface area contributed by atoms with Crippen LogP contribution in [0.1, 0.15) is 17.0 Å². The van der Waals surface area contributed by atoms with E-state index in [0.29, 0.717) is 16.5 Å². The second-order valence-electron chi connectivity index (χ2n) is 4.75. The zero-order valence-electron chi connectivity index (χ0n) is 11.6. The molecule has 106 valence electrons. The molecule has 0 fully saturated rings. The van der Waals surface area contributed by atoms with Crippen molar-refractivity contribution >= 4 is 22.4 Å². The van der Waals surface area contributed by atoms with Crippen LogP contribution in [0.2, 0.25) is 0 Å². The molecular formula is C15H17ClN2OS. The first-order valence-corrected chi connectivity index (χ1v) is 8.13. The Labute approximate surface area is 126 Å². The van der Waals surface area contributed by atoms with Crippen molar-refractivity contribution < 1.29 is 4.21 Å². The summed E-state index contributed by atoms with van der Waals surface area (Å²) in [6.07, 6.45) is 0. The molecule has 2 rings (SSSR count). The number of benzene rings is 1. The van der Waals surface area contributed by atoms with Gasteiger partial charge in [0.25, 0.3) is 0 Å². The lowest BCUT2D eigenvalue weighted by Crippen LogP contribution is -2.02. The maximum atomic E-state index is 11.8. The van der Waals surface area contributed by atoms with E-state index in [-0.39, 0.29) is 0 Å².